The van der Waals surface area contributed by atoms with Crippen LogP contribution in [0.15, 0.2) is 24.3 Å². The first-order valence-electron chi connectivity index (χ1n) is 7.12. The van der Waals surface area contributed by atoms with Crippen molar-refractivity contribution in [3.63, 3.8) is 0 Å². The van der Waals surface area contributed by atoms with E-state index in [2.05, 4.69) is 24.5 Å². The number of carbonyl (C=O) groups is 1. The highest BCUT2D eigenvalue weighted by Gasteiger charge is 2.18. The van der Waals surface area contributed by atoms with E-state index in [-0.39, 0.29) is 18.0 Å². The van der Waals surface area contributed by atoms with Crippen LogP contribution in [0.4, 0.5) is 0 Å². The fraction of sp³-hybridized carbons (Fsp3) is 0.562. The number of amides is 1. The van der Waals surface area contributed by atoms with E-state index in [0.717, 1.165) is 11.3 Å². The first-order valence-corrected chi connectivity index (χ1v) is 7.12. The van der Waals surface area contributed by atoms with Crippen molar-refractivity contribution >= 4 is 5.91 Å². The Hall–Kier alpha value is -1.55. The van der Waals surface area contributed by atoms with Gasteiger partial charge in [0.25, 0.3) is 0 Å². The molecule has 0 aliphatic rings. The molecular formula is C16H26N2O2. The maximum absolute atomic E-state index is 12.0. The molecule has 0 fully saturated rings. The van der Waals surface area contributed by atoms with Crippen LogP contribution in [0.25, 0.3) is 0 Å². The lowest BCUT2D eigenvalue weighted by atomic mass is 10.1. The van der Waals surface area contributed by atoms with Crippen molar-refractivity contribution in [2.75, 3.05) is 13.7 Å². The van der Waals surface area contributed by atoms with E-state index in [4.69, 9.17) is 4.74 Å². The van der Waals surface area contributed by atoms with Crippen molar-refractivity contribution in [1.29, 1.82) is 0 Å². The molecule has 0 saturated carbocycles. The van der Waals surface area contributed by atoms with Gasteiger partial charge in [-0.25, -0.2) is 0 Å². The second-order valence-electron chi connectivity index (χ2n) is 5.49. The van der Waals surface area contributed by atoms with Gasteiger partial charge in [0, 0.05) is 18.2 Å². The van der Waals surface area contributed by atoms with Gasteiger partial charge in [0.05, 0.1) is 13.2 Å². The van der Waals surface area contributed by atoms with Crippen LogP contribution in [-0.4, -0.2) is 25.6 Å². The van der Waals surface area contributed by atoms with Crippen molar-refractivity contribution < 1.29 is 9.53 Å². The first kappa shape index (κ1) is 16.5. The van der Waals surface area contributed by atoms with Gasteiger partial charge < -0.3 is 10.1 Å². The summed E-state index contributed by atoms with van der Waals surface area (Å²) in [5.41, 5.74) is 1.05. The van der Waals surface area contributed by atoms with Crippen molar-refractivity contribution in [3.05, 3.63) is 29.8 Å². The number of methoxy groups -OCH3 is 1. The second kappa shape index (κ2) is 7.90. The third-order valence-corrected chi connectivity index (χ3v) is 3.18. The summed E-state index contributed by atoms with van der Waals surface area (Å²) in [6, 6.07) is 7.65. The number of ether oxygens (including phenoxy) is 1. The minimum absolute atomic E-state index is 0.0282. The van der Waals surface area contributed by atoms with E-state index in [0.29, 0.717) is 12.5 Å². The quantitative estimate of drug-likeness (QED) is 0.805. The number of hydrogen-bond acceptors (Lipinski definition) is 3. The highest BCUT2D eigenvalue weighted by Crippen LogP contribution is 2.24. The second-order valence-corrected chi connectivity index (χ2v) is 5.49. The maximum Gasteiger partial charge on any atom is 0.236 e. The Labute approximate surface area is 121 Å². The Kier molecular flexibility index (Phi) is 6.52. The minimum Gasteiger partial charge on any atom is -0.496 e. The van der Waals surface area contributed by atoms with Crippen LogP contribution in [0.1, 0.15) is 39.3 Å². The van der Waals surface area contributed by atoms with Crippen molar-refractivity contribution in [3.8, 4) is 5.75 Å². The number of carbonyl (C=O) groups excluding carboxylic acids is 1. The van der Waals surface area contributed by atoms with Crippen LogP contribution in [-0.2, 0) is 4.79 Å². The van der Waals surface area contributed by atoms with Gasteiger partial charge in [-0.15, -0.1) is 0 Å². The third-order valence-electron chi connectivity index (χ3n) is 3.18. The zero-order chi connectivity index (χ0) is 15.1. The molecule has 4 heteroatoms. The summed E-state index contributed by atoms with van der Waals surface area (Å²) >= 11 is 0. The van der Waals surface area contributed by atoms with Crippen molar-refractivity contribution in [2.24, 2.45) is 5.92 Å². The number of hydrogen-bond donors (Lipinski definition) is 2. The van der Waals surface area contributed by atoms with Gasteiger partial charge in [0.1, 0.15) is 5.75 Å². The summed E-state index contributed by atoms with van der Waals surface area (Å²) in [4.78, 5) is 12.0. The van der Waals surface area contributed by atoms with E-state index >= 15 is 0 Å². The van der Waals surface area contributed by atoms with Crippen LogP contribution in [0.5, 0.6) is 5.75 Å². The molecule has 20 heavy (non-hydrogen) atoms. The van der Waals surface area contributed by atoms with Crippen LogP contribution in [0, 0.1) is 5.92 Å². The monoisotopic (exact) mass is 278 g/mol. The van der Waals surface area contributed by atoms with Crippen LogP contribution in [0.2, 0.25) is 0 Å². The number of rotatable bonds is 7. The number of nitrogens with one attached hydrogen (secondary N) is 2. The molecule has 2 atom stereocenters. The molecule has 112 valence electrons. The molecule has 0 heterocycles. The molecule has 0 aliphatic carbocycles. The molecular weight excluding hydrogens is 252 g/mol. The Morgan fingerprint density at radius 2 is 1.85 bits per heavy atom. The third kappa shape index (κ3) is 4.85. The van der Waals surface area contributed by atoms with Gasteiger partial charge in [-0.05, 0) is 25.8 Å². The first-order chi connectivity index (χ1) is 9.45. The lowest BCUT2D eigenvalue weighted by Gasteiger charge is -2.22. The molecule has 0 aromatic heterocycles. The molecule has 2 N–H and O–H groups in total. The molecule has 0 bridgehead atoms. The summed E-state index contributed by atoms with van der Waals surface area (Å²) in [5, 5.41) is 6.24. The average molecular weight is 278 g/mol. The highest BCUT2D eigenvalue weighted by atomic mass is 16.5. The summed E-state index contributed by atoms with van der Waals surface area (Å²) in [7, 11) is 1.66. The molecule has 0 saturated heterocycles. The Balaban J connectivity index is 2.60. The predicted octanol–water partition coefficient (Wildman–Crippen LogP) is 2.51. The van der Waals surface area contributed by atoms with Crippen LogP contribution in [0.3, 0.4) is 0 Å². The van der Waals surface area contributed by atoms with Gasteiger partial charge in [0.2, 0.25) is 5.91 Å². The fourth-order valence-corrected chi connectivity index (χ4v) is 2.02. The van der Waals surface area contributed by atoms with Crippen LogP contribution >= 0.6 is 0 Å². The molecule has 0 spiro atoms. The van der Waals surface area contributed by atoms with Gasteiger partial charge in [-0.3, -0.25) is 10.1 Å². The summed E-state index contributed by atoms with van der Waals surface area (Å²) in [5.74, 6) is 1.32. The molecule has 4 nitrogen and oxygen atoms in total. The molecule has 0 aliphatic heterocycles. The van der Waals surface area contributed by atoms with Crippen LogP contribution < -0.4 is 15.4 Å². The fourth-order valence-electron chi connectivity index (χ4n) is 2.02. The lowest BCUT2D eigenvalue weighted by Crippen LogP contribution is -2.44. The average Bonchev–Trinajstić information content (AvgIpc) is 2.44. The van der Waals surface area contributed by atoms with Gasteiger partial charge >= 0.3 is 0 Å². The zero-order valence-corrected chi connectivity index (χ0v) is 13.1. The SMILES string of the molecule is COc1ccccc1C(C)NC(C)C(=O)NCC(C)C. The van der Waals surface area contributed by atoms with E-state index in [9.17, 15) is 4.79 Å². The molecule has 1 aromatic carbocycles. The van der Waals surface area contributed by atoms with E-state index in [1.165, 1.54) is 0 Å². The standard InChI is InChI=1S/C16H26N2O2/c1-11(2)10-17-16(19)13(4)18-12(3)14-8-6-7-9-15(14)20-5/h6-9,11-13,18H,10H2,1-5H3,(H,17,19). The summed E-state index contributed by atoms with van der Waals surface area (Å²) in [6.07, 6.45) is 0. The highest BCUT2D eigenvalue weighted by molar-refractivity contribution is 5.81. The number of para-hydroxylation sites is 1. The van der Waals surface area contributed by atoms with Gasteiger partial charge in [0.15, 0.2) is 0 Å². The topological polar surface area (TPSA) is 50.4 Å². The summed E-state index contributed by atoms with van der Waals surface area (Å²) in [6.45, 7) is 8.77. The largest absolute Gasteiger partial charge is 0.496 e. The van der Waals surface area contributed by atoms with E-state index < -0.39 is 0 Å². The van der Waals surface area contributed by atoms with E-state index in [1.807, 2.05) is 38.1 Å². The summed E-state index contributed by atoms with van der Waals surface area (Å²) < 4.78 is 5.35. The Morgan fingerprint density at radius 1 is 1.20 bits per heavy atom. The number of benzene rings is 1. The predicted molar refractivity (Wildman–Crippen MR) is 81.9 cm³/mol. The zero-order valence-electron chi connectivity index (χ0n) is 13.1. The lowest BCUT2D eigenvalue weighted by molar-refractivity contribution is -0.123. The molecule has 1 aromatic rings. The minimum atomic E-state index is -0.242. The normalized spacial score (nSPS) is 13.9. The Bertz CT molecular complexity index is 432. The van der Waals surface area contributed by atoms with Crippen molar-refractivity contribution in [2.45, 2.75) is 39.8 Å². The molecule has 2 unspecified atom stereocenters. The molecule has 1 amide bonds. The molecule has 0 radical (unpaired) electrons. The van der Waals surface area contributed by atoms with Crippen molar-refractivity contribution in [1.82, 2.24) is 10.6 Å². The maximum atomic E-state index is 12.0. The van der Waals surface area contributed by atoms with E-state index in [1.54, 1.807) is 7.11 Å². The smallest absolute Gasteiger partial charge is 0.236 e. The Morgan fingerprint density at radius 3 is 2.45 bits per heavy atom. The van der Waals surface area contributed by atoms with Gasteiger partial charge in [-0.2, -0.15) is 0 Å². The van der Waals surface area contributed by atoms with Gasteiger partial charge in [-0.1, -0.05) is 32.0 Å². The molecule has 1 rings (SSSR count).